The Morgan fingerprint density at radius 3 is 2.73 bits per heavy atom. The first-order chi connectivity index (χ1) is 12.8. The molecule has 2 unspecified atom stereocenters. The molecule has 7 nitrogen and oxygen atoms in total. The molecule has 26 heavy (non-hydrogen) atoms. The third kappa shape index (κ3) is 3.70. The van der Waals surface area contributed by atoms with E-state index in [0.29, 0.717) is 19.6 Å². The normalized spacial score (nSPS) is 23.0. The number of carbonyl (C=O) groups is 1. The van der Waals surface area contributed by atoms with E-state index in [-0.39, 0.29) is 18.0 Å². The van der Waals surface area contributed by atoms with Crippen LogP contribution in [0.25, 0.3) is 0 Å². The van der Waals surface area contributed by atoms with E-state index in [2.05, 4.69) is 38.2 Å². The van der Waals surface area contributed by atoms with Gasteiger partial charge < -0.3 is 15.0 Å². The van der Waals surface area contributed by atoms with Crippen molar-refractivity contribution >= 4 is 17.4 Å². The number of aromatic nitrogens is 1. The number of nitrogens with one attached hydrogen (secondary N) is 3. The number of benzene rings is 1. The number of pyridine rings is 1. The van der Waals surface area contributed by atoms with Crippen LogP contribution < -0.4 is 21.1 Å². The second-order valence-electron chi connectivity index (χ2n) is 6.50. The third-order valence-electron chi connectivity index (χ3n) is 4.78. The number of carbonyl (C=O) groups excluding carboxylic acids is 1. The Labute approximate surface area is 152 Å². The lowest BCUT2D eigenvalue weighted by atomic mass is 10.0. The molecule has 3 heterocycles. The molecule has 3 N–H and O–H groups in total. The smallest absolute Gasteiger partial charge is 0.243 e. The summed E-state index contributed by atoms with van der Waals surface area (Å²) in [5, 5.41) is 3.04. The second-order valence-corrected chi connectivity index (χ2v) is 6.50. The number of rotatable bonds is 4. The highest BCUT2D eigenvalue weighted by atomic mass is 16.5. The van der Waals surface area contributed by atoms with Crippen molar-refractivity contribution in [1.29, 1.82) is 0 Å². The quantitative estimate of drug-likeness (QED) is 0.773. The highest BCUT2D eigenvalue weighted by Crippen LogP contribution is 2.26. The fraction of sp³-hybridized carbons (Fsp3) is 0.368. The Bertz CT molecular complexity index is 749. The van der Waals surface area contributed by atoms with E-state index in [0.717, 1.165) is 24.6 Å². The Balaban J connectivity index is 1.42. The molecule has 2 aliphatic rings. The minimum atomic E-state index is -0.294. The zero-order chi connectivity index (χ0) is 17.8. The molecule has 2 fully saturated rings. The summed E-state index contributed by atoms with van der Waals surface area (Å²) in [6, 6.07) is 13.7. The van der Waals surface area contributed by atoms with Crippen molar-refractivity contribution in [2.75, 3.05) is 36.5 Å². The van der Waals surface area contributed by atoms with Gasteiger partial charge in [0.2, 0.25) is 5.91 Å². The predicted octanol–water partition coefficient (Wildman–Crippen LogP) is 1.46. The summed E-state index contributed by atoms with van der Waals surface area (Å²) in [6.45, 7) is 2.91. The SMILES string of the molecule is O=C(Nc1cccnc1N1CCOCC1)C1CC(c2ccccc2)NN1. The fourth-order valence-corrected chi connectivity index (χ4v) is 3.37. The molecule has 0 spiro atoms. The highest BCUT2D eigenvalue weighted by molar-refractivity contribution is 5.97. The third-order valence-corrected chi connectivity index (χ3v) is 4.78. The largest absolute Gasteiger partial charge is 0.378 e. The number of anilines is 2. The van der Waals surface area contributed by atoms with Gasteiger partial charge in [0.1, 0.15) is 6.04 Å². The first-order valence-electron chi connectivity index (χ1n) is 8.96. The molecule has 0 radical (unpaired) electrons. The molecule has 2 atom stereocenters. The van der Waals surface area contributed by atoms with Gasteiger partial charge in [-0.15, -0.1) is 0 Å². The maximum absolute atomic E-state index is 12.7. The predicted molar refractivity (Wildman–Crippen MR) is 99.8 cm³/mol. The van der Waals surface area contributed by atoms with Gasteiger partial charge in [-0.25, -0.2) is 15.8 Å². The van der Waals surface area contributed by atoms with E-state index in [1.54, 1.807) is 6.20 Å². The summed E-state index contributed by atoms with van der Waals surface area (Å²) in [6.07, 6.45) is 2.45. The van der Waals surface area contributed by atoms with Crippen molar-refractivity contribution in [3.63, 3.8) is 0 Å². The average molecular weight is 353 g/mol. The number of nitrogens with zero attached hydrogens (tertiary/aromatic N) is 2. The Kier molecular flexibility index (Phi) is 5.10. The van der Waals surface area contributed by atoms with Crippen LogP contribution in [-0.2, 0) is 9.53 Å². The van der Waals surface area contributed by atoms with Crippen LogP contribution in [0, 0.1) is 0 Å². The molecule has 4 rings (SSSR count). The lowest BCUT2D eigenvalue weighted by Gasteiger charge is -2.29. The number of morpholine rings is 1. The number of hydrazine groups is 1. The summed E-state index contributed by atoms with van der Waals surface area (Å²) in [5.41, 5.74) is 8.23. The lowest BCUT2D eigenvalue weighted by molar-refractivity contribution is -0.117. The summed E-state index contributed by atoms with van der Waals surface area (Å²) in [4.78, 5) is 19.4. The molecule has 0 aliphatic carbocycles. The Morgan fingerprint density at radius 2 is 1.92 bits per heavy atom. The van der Waals surface area contributed by atoms with E-state index >= 15 is 0 Å². The molecule has 0 saturated carbocycles. The van der Waals surface area contributed by atoms with Crippen LogP contribution >= 0.6 is 0 Å². The molecule has 2 aliphatic heterocycles. The molecule has 1 aromatic heterocycles. The van der Waals surface area contributed by atoms with Gasteiger partial charge in [0, 0.05) is 25.3 Å². The second kappa shape index (κ2) is 7.82. The van der Waals surface area contributed by atoms with Crippen molar-refractivity contribution < 1.29 is 9.53 Å². The van der Waals surface area contributed by atoms with Crippen LogP contribution in [0.15, 0.2) is 48.7 Å². The van der Waals surface area contributed by atoms with Crippen LogP contribution in [-0.4, -0.2) is 43.2 Å². The van der Waals surface area contributed by atoms with Crippen LogP contribution in [0.2, 0.25) is 0 Å². The van der Waals surface area contributed by atoms with Gasteiger partial charge in [-0.2, -0.15) is 0 Å². The van der Waals surface area contributed by atoms with Crippen molar-refractivity contribution in [1.82, 2.24) is 15.8 Å². The number of hydrogen-bond donors (Lipinski definition) is 3. The van der Waals surface area contributed by atoms with E-state index in [1.165, 1.54) is 5.56 Å². The van der Waals surface area contributed by atoms with E-state index in [9.17, 15) is 4.79 Å². The van der Waals surface area contributed by atoms with Gasteiger partial charge in [-0.3, -0.25) is 4.79 Å². The van der Waals surface area contributed by atoms with Gasteiger partial charge >= 0.3 is 0 Å². The maximum atomic E-state index is 12.7. The van der Waals surface area contributed by atoms with Crippen LogP contribution in [0.3, 0.4) is 0 Å². The van der Waals surface area contributed by atoms with Gasteiger partial charge in [-0.05, 0) is 24.1 Å². The van der Waals surface area contributed by atoms with Crippen LogP contribution in [0.4, 0.5) is 11.5 Å². The summed E-state index contributed by atoms with van der Waals surface area (Å²) in [5.74, 6) is 0.744. The zero-order valence-electron chi connectivity index (χ0n) is 14.5. The summed E-state index contributed by atoms with van der Waals surface area (Å²) < 4.78 is 5.40. The zero-order valence-corrected chi connectivity index (χ0v) is 14.5. The monoisotopic (exact) mass is 353 g/mol. The molecule has 2 saturated heterocycles. The standard InChI is InChI=1S/C19H23N5O2/c25-19(17-13-16(22-23-17)14-5-2-1-3-6-14)21-15-7-4-8-20-18(15)24-9-11-26-12-10-24/h1-8,16-17,22-23H,9-13H2,(H,21,25). The van der Waals surface area contributed by atoms with E-state index in [1.807, 2.05) is 30.3 Å². The number of hydrogen-bond acceptors (Lipinski definition) is 6. The Hall–Kier alpha value is -2.48. The minimum Gasteiger partial charge on any atom is -0.378 e. The van der Waals surface area contributed by atoms with Crippen molar-refractivity contribution in [3.8, 4) is 0 Å². The molecule has 7 heteroatoms. The summed E-state index contributed by atoms with van der Waals surface area (Å²) in [7, 11) is 0. The maximum Gasteiger partial charge on any atom is 0.243 e. The first kappa shape index (κ1) is 17.0. The minimum absolute atomic E-state index is 0.0570. The highest BCUT2D eigenvalue weighted by Gasteiger charge is 2.30. The summed E-state index contributed by atoms with van der Waals surface area (Å²) >= 11 is 0. The van der Waals surface area contributed by atoms with E-state index in [4.69, 9.17) is 4.74 Å². The molecule has 1 amide bonds. The fourth-order valence-electron chi connectivity index (χ4n) is 3.37. The molecule has 0 bridgehead atoms. The van der Waals surface area contributed by atoms with Crippen molar-refractivity contribution in [3.05, 3.63) is 54.2 Å². The lowest BCUT2D eigenvalue weighted by Crippen LogP contribution is -2.41. The number of ether oxygens (including phenoxy) is 1. The molecular formula is C19H23N5O2. The first-order valence-corrected chi connectivity index (χ1v) is 8.96. The van der Waals surface area contributed by atoms with Crippen LogP contribution in [0.5, 0.6) is 0 Å². The number of amides is 1. The average Bonchev–Trinajstić information content (AvgIpc) is 3.20. The topological polar surface area (TPSA) is 78.5 Å². The van der Waals surface area contributed by atoms with Crippen molar-refractivity contribution in [2.24, 2.45) is 0 Å². The van der Waals surface area contributed by atoms with Crippen molar-refractivity contribution in [2.45, 2.75) is 18.5 Å². The van der Waals surface area contributed by atoms with Gasteiger partial charge in [0.25, 0.3) is 0 Å². The molecule has 136 valence electrons. The molecular weight excluding hydrogens is 330 g/mol. The van der Waals surface area contributed by atoms with E-state index < -0.39 is 0 Å². The molecule has 1 aromatic carbocycles. The van der Waals surface area contributed by atoms with Gasteiger partial charge in [-0.1, -0.05) is 30.3 Å². The molecule has 2 aromatic rings. The van der Waals surface area contributed by atoms with Gasteiger partial charge in [0.15, 0.2) is 5.82 Å². The van der Waals surface area contributed by atoms with Crippen LogP contribution in [0.1, 0.15) is 18.0 Å². The van der Waals surface area contributed by atoms with Gasteiger partial charge in [0.05, 0.1) is 18.9 Å². The Morgan fingerprint density at radius 1 is 1.12 bits per heavy atom.